The first kappa shape index (κ1) is 21.8. The van der Waals surface area contributed by atoms with Crippen molar-refractivity contribution in [2.24, 2.45) is 0 Å². The summed E-state index contributed by atoms with van der Waals surface area (Å²) in [6, 6.07) is 13.0. The van der Waals surface area contributed by atoms with Crippen molar-refractivity contribution >= 4 is 17.5 Å². The minimum Gasteiger partial charge on any atom is -0.483 e. The van der Waals surface area contributed by atoms with E-state index < -0.39 is 0 Å². The van der Waals surface area contributed by atoms with Crippen molar-refractivity contribution in [1.82, 2.24) is 5.32 Å². The van der Waals surface area contributed by atoms with Crippen LogP contribution in [0.15, 0.2) is 42.5 Å². The summed E-state index contributed by atoms with van der Waals surface area (Å²) < 4.78 is 11.3. The van der Waals surface area contributed by atoms with E-state index in [0.29, 0.717) is 23.5 Å². The van der Waals surface area contributed by atoms with E-state index in [1.807, 2.05) is 25.1 Å². The van der Waals surface area contributed by atoms with Crippen LogP contribution in [-0.2, 0) is 9.53 Å². The summed E-state index contributed by atoms with van der Waals surface area (Å²) in [6.07, 6.45) is 2.04. The van der Waals surface area contributed by atoms with Crippen molar-refractivity contribution < 1.29 is 19.1 Å². The average molecular weight is 411 g/mol. The Kier molecular flexibility index (Phi) is 7.46. The van der Waals surface area contributed by atoms with E-state index in [0.717, 1.165) is 30.6 Å². The number of nitrogens with one attached hydrogen (secondary N) is 2. The maximum absolute atomic E-state index is 12.6. The number of aryl methyl sites for hydroxylation is 1. The highest BCUT2D eigenvalue weighted by Gasteiger charge is 2.19. The van der Waals surface area contributed by atoms with Crippen LogP contribution in [0.3, 0.4) is 0 Å². The zero-order chi connectivity index (χ0) is 21.5. The van der Waals surface area contributed by atoms with E-state index in [1.165, 1.54) is 0 Å². The maximum atomic E-state index is 12.6. The van der Waals surface area contributed by atoms with E-state index in [2.05, 4.69) is 24.5 Å². The first-order chi connectivity index (χ1) is 14.4. The number of anilines is 1. The molecule has 0 saturated carbocycles. The van der Waals surface area contributed by atoms with E-state index in [1.54, 1.807) is 24.3 Å². The molecule has 0 aromatic heterocycles. The SMILES string of the molecule is Cc1ccc(C(C)C)c(OCC(=O)Nc2ccccc2C(=O)NC[C@@H]2CCCO2)c1. The van der Waals surface area contributed by atoms with Crippen LogP contribution in [0.5, 0.6) is 5.75 Å². The first-order valence-corrected chi connectivity index (χ1v) is 10.5. The van der Waals surface area contributed by atoms with Crippen LogP contribution in [0.25, 0.3) is 0 Å². The number of carbonyl (C=O) groups is 2. The molecule has 2 aromatic rings. The van der Waals surface area contributed by atoms with Crippen molar-refractivity contribution in [2.75, 3.05) is 25.1 Å². The van der Waals surface area contributed by atoms with Gasteiger partial charge in [0.25, 0.3) is 11.8 Å². The highest BCUT2D eigenvalue weighted by molar-refractivity contribution is 6.04. The number of hydrogen-bond donors (Lipinski definition) is 2. The van der Waals surface area contributed by atoms with Crippen molar-refractivity contribution in [3.05, 3.63) is 59.2 Å². The minimum absolute atomic E-state index is 0.0635. The fourth-order valence-electron chi connectivity index (χ4n) is 3.47. The Morgan fingerprint density at radius 1 is 1.20 bits per heavy atom. The summed E-state index contributed by atoms with van der Waals surface area (Å²) in [5.74, 6) is 0.452. The first-order valence-electron chi connectivity index (χ1n) is 10.5. The number of para-hydroxylation sites is 1. The lowest BCUT2D eigenvalue weighted by atomic mass is 10.0. The third-order valence-electron chi connectivity index (χ3n) is 5.11. The number of hydrogen-bond acceptors (Lipinski definition) is 4. The predicted molar refractivity (Wildman–Crippen MR) is 117 cm³/mol. The van der Waals surface area contributed by atoms with Gasteiger partial charge in [0.15, 0.2) is 6.61 Å². The van der Waals surface area contributed by atoms with E-state index in [-0.39, 0.29) is 30.4 Å². The van der Waals surface area contributed by atoms with Gasteiger partial charge in [-0.25, -0.2) is 0 Å². The fourth-order valence-corrected chi connectivity index (χ4v) is 3.47. The van der Waals surface area contributed by atoms with Gasteiger partial charge in [-0.3, -0.25) is 9.59 Å². The average Bonchev–Trinajstić information content (AvgIpc) is 3.24. The van der Waals surface area contributed by atoms with Crippen LogP contribution in [0.2, 0.25) is 0 Å². The summed E-state index contributed by atoms with van der Waals surface area (Å²) in [7, 11) is 0. The van der Waals surface area contributed by atoms with Gasteiger partial charge >= 0.3 is 0 Å². The quantitative estimate of drug-likeness (QED) is 0.688. The lowest BCUT2D eigenvalue weighted by Crippen LogP contribution is -2.32. The summed E-state index contributed by atoms with van der Waals surface area (Å²) >= 11 is 0. The molecular formula is C24H30N2O4. The molecule has 2 aromatic carbocycles. The molecule has 1 fully saturated rings. The van der Waals surface area contributed by atoms with Gasteiger partial charge in [-0.15, -0.1) is 0 Å². The minimum atomic E-state index is -0.314. The molecule has 1 heterocycles. The molecule has 0 spiro atoms. The zero-order valence-corrected chi connectivity index (χ0v) is 17.9. The fraction of sp³-hybridized carbons (Fsp3) is 0.417. The lowest BCUT2D eigenvalue weighted by Gasteiger charge is -2.16. The van der Waals surface area contributed by atoms with Crippen molar-refractivity contribution in [1.29, 1.82) is 0 Å². The van der Waals surface area contributed by atoms with Gasteiger partial charge < -0.3 is 20.1 Å². The van der Waals surface area contributed by atoms with Crippen LogP contribution in [0.1, 0.15) is 54.1 Å². The molecule has 0 radical (unpaired) electrons. The monoisotopic (exact) mass is 410 g/mol. The van der Waals surface area contributed by atoms with Crippen molar-refractivity contribution in [3.63, 3.8) is 0 Å². The molecule has 6 heteroatoms. The van der Waals surface area contributed by atoms with Crippen LogP contribution in [0.4, 0.5) is 5.69 Å². The molecule has 2 amide bonds. The number of ether oxygens (including phenoxy) is 2. The molecule has 3 rings (SSSR count). The van der Waals surface area contributed by atoms with Gasteiger partial charge in [0, 0.05) is 13.2 Å². The highest BCUT2D eigenvalue weighted by Crippen LogP contribution is 2.27. The Morgan fingerprint density at radius 3 is 2.73 bits per heavy atom. The van der Waals surface area contributed by atoms with Crippen molar-refractivity contribution in [3.8, 4) is 5.75 Å². The molecule has 0 unspecified atom stereocenters. The van der Waals surface area contributed by atoms with E-state index >= 15 is 0 Å². The van der Waals surface area contributed by atoms with Gasteiger partial charge in [0.1, 0.15) is 5.75 Å². The number of carbonyl (C=O) groups excluding carboxylic acids is 2. The second kappa shape index (κ2) is 10.3. The molecule has 2 N–H and O–H groups in total. The van der Waals surface area contributed by atoms with Crippen LogP contribution < -0.4 is 15.4 Å². The molecule has 0 aliphatic carbocycles. The Balaban J connectivity index is 1.60. The molecule has 6 nitrogen and oxygen atoms in total. The number of rotatable bonds is 8. The van der Waals surface area contributed by atoms with Crippen LogP contribution in [-0.4, -0.2) is 37.7 Å². The predicted octanol–water partition coefficient (Wildman–Crippen LogP) is 4.04. The van der Waals surface area contributed by atoms with E-state index in [4.69, 9.17) is 9.47 Å². The largest absolute Gasteiger partial charge is 0.483 e. The van der Waals surface area contributed by atoms with Gasteiger partial charge in [0.2, 0.25) is 0 Å². The molecule has 1 aliphatic rings. The molecule has 1 saturated heterocycles. The number of benzene rings is 2. The molecule has 1 atom stereocenters. The van der Waals surface area contributed by atoms with Crippen LogP contribution in [0, 0.1) is 6.92 Å². The lowest BCUT2D eigenvalue weighted by molar-refractivity contribution is -0.118. The van der Waals surface area contributed by atoms with Crippen molar-refractivity contribution in [2.45, 2.75) is 45.6 Å². The standard InChI is InChI=1S/C24H30N2O4/c1-16(2)19-11-10-17(3)13-22(19)30-15-23(27)26-21-9-5-4-8-20(21)24(28)25-14-18-7-6-12-29-18/h4-5,8-11,13,16,18H,6-7,12,14-15H2,1-3H3,(H,25,28)(H,26,27)/t18-/m0/s1. The second-order valence-corrected chi connectivity index (χ2v) is 7.92. The summed E-state index contributed by atoms with van der Waals surface area (Å²) in [5, 5.41) is 5.69. The molecular weight excluding hydrogens is 380 g/mol. The zero-order valence-electron chi connectivity index (χ0n) is 17.9. The maximum Gasteiger partial charge on any atom is 0.262 e. The van der Waals surface area contributed by atoms with E-state index in [9.17, 15) is 9.59 Å². The Hall–Kier alpha value is -2.86. The smallest absolute Gasteiger partial charge is 0.262 e. The normalized spacial score (nSPS) is 15.8. The summed E-state index contributed by atoms with van der Waals surface area (Å²) in [5.41, 5.74) is 3.01. The second-order valence-electron chi connectivity index (χ2n) is 7.92. The molecule has 0 bridgehead atoms. The van der Waals surface area contributed by atoms with Gasteiger partial charge in [-0.1, -0.05) is 38.1 Å². The van der Waals surface area contributed by atoms with Gasteiger partial charge in [0.05, 0.1) is 17.4 Å². The van der Waals surface area contributed by atoms with Crippen LogP contribution >= 0.6 is 0 Å². The topological polar surface area (TPSA) is 76.7 Å². The van der Waals surface area contributed by atoms with Gasteiger partial charge in [-0.05, 0) is 55.0 Å². The third-order valence-corrected chi connectivity index (χ3v) is 5.11. The Morgan fingerprint density at radius 2 is 2.00 bits per heavy atom. The molecule has 1 aliphatic heterocycles. The highest BCUT2D eigenvalue weighted by atomic mass is 16.5. The number of amides is 2. The summed E-state index contributed by atoms with van der Waals surface area (Å²) in [4.78, 5) is 25.1. The van der Waals surface area contributed by atoms with Gasteiger partial charge in [-0.2, -0.15) is 0 Å². The third kappa shape index (κ3) is 5.83. The summed E-state index contributed by atoms with van der Waals surface area (Å²) in [6.45, 7) is 7.24. The molecule has 160 valence electrons. The Bertz CT molecular complexity index is 889. The Labute approximate surface area is 178 Å². The molecule has 30 heavy (non-hydrogen) atoms.